The highest BCUT2D eigenvalue weighted by molar-refractivity contribution is 6.18. The molecule has 0 saturated heterocycles. The number of methoxy groups -OCH3 is 2. The van der Waals surface area contributed by atoms with Gasteiger partial charge in [0.1, 0.15) is 0 Å². The molecule has 1 N–H and O–H groups in total. The van der Waals surface area contributed by atoms with E-state index in [1.165, 1.54) is 0 Å². The van der Waals surface area contributed by atoms with Crippen LogP contribution >= 0.6 is 11.6 Å². The number of hydrogen-bond acceptors (Lipinski definition) is 5. The van der Waals surface area contributed by atoms with Crippen molar-refractivity contribution in [1.82, 2.24) is 9.97 Å². The molecule has 1 rings (SSSR count). The first-order chi connectivity index (χ1) is 7.73. The van der Waals surface area contributed by atoms with Crippen molar-refractivity contribution in [2.75, 3.05) is 25.4 Å². The van der Waals surface area contributed by atoms with Crippen LogP contribution in [0.25, 0.3) is 0 Å². The third-order valence-corrected chi connectivity index (χ3v) is 2.48. The molecule has 0 spiro atoms. The molecule has 1 heterocycles. The standard InChI is InChI=1S/C10H16ClN3O2/c1-4-7(6-11)12-10-13-8(15-2)5-9(14-10)16-3/h5,7H,4,6H2,1-3H3,(H,12,13,14). The van der Waals surface area contributed by atoms with E-state index in [4.69, 9.17) is 21.1 Å². The second kappa shape index (κ2) is 6.37. The summed E-state index contributed by atoms with van der Waals surface area (Å²) in [4.78, 5) is 8.30. The molecule has 0 aliphatic rings. The minimum Gasteiger partial charge on any atom is -0.481 e. The molecule has 1 aromatic heterocycles. The summed E-state index contributed by atoms with van der Waals surface area (Å²) in [5, 5.41) is 3.11. The van der Waals surface area contributed by atoms with Gasteiger partial charge in [0.2, 0.25) is 17.7 Å². The first kappa shape index (κ1) is 12.8. The lowest BCUT2D eigenvalue weighted by molar-refractivity contribution is 0.372. The average molecular weight is 246 g/mol. The molecule has 5 nitrogen and oxygen atoms in total. The fourth-order valence-corrected chi connectivity index (χ4v) is 1.41. The molecular weight excluding hydrogens is 230 g/mol. The van der Waals surface area contributed by atoms with Gasteiger partial charge >= 0.3 is 0 Å². The third kappa shape index (κ3) is 3.41. The number of nitrogens with zero attached hydrogens (tertiary/aromatic N) is 2. The van der Waals surface area contributed by atoms with Crippen LogP contribution in [0, 0.1) is 0 Å². The maximum atomic E-state index is 5.78. The zero-order chi connectivity index (χ0) is 12.0. The summed E-state index contributed by atoms with van der Waals surface area (Å²) in [7, 11) is 3.09. The van der Waals surface area contributed by atoms with Crippen molar-refractivity contribution in [2.45, 2.75) is 19.4 Å². The number of alkyl halides is 1. The summed E-state index contributed by atoms with van der Waals surface area (Å²) >= 11 is 5.78. The van der Waals surface area contributed by atoms with Crippen molar-refractivity contribution < 1.29 is 9.47 Å². The first-order valence-electron chi connectivity index (χ1n) is 5.03. The molecule has 1 unspecified atom stereocenters. The van der Waals surface area contributed by atoms with Gasteiger partial charge in [0.05, 0.1) is 20.3 Å². The lowest BCUT2D eigenvalue weighted by Gasteiger charge is -2.14. The van der Waals surface area contributed by atoms with E-state index in [9.17, 15) is 0 Å². The number of halogens is 1. The zero-order valence-electron chi connectivity index (χ0n) is 9.66. The van der Waals surface area contributed by atoms with E-state index in [0.29, 0.717) is 23.6 Å². The Morgan fingerprint density at radius 3 is 2.25 bits per heavy atom. The molecule has 0 bridgehead atoms. The van der Waals surface area contributed by atoms with Gasteiger partial charge in [0, 0.05) is 11.9 Å². The molecule has 0 radical (unpaired) electrons. The molecule has 1 atom stereocenters. The van der Waals surface area contributed by atoms with E-state index in [2.05, 4.69) is 15.3 Å². The van der Waals surface area contributed by atoms with Crippen LogP contribution in [0.1, 0.15) is 13.3 Å². The van der Waals surface area contributed by atoms with Gasteiger partial charge in [-0.25, -0.2) is 0 Å². The van der Waals surface area contributed by atoms with Crippen molar-refractivity contribution in [2.24, 2.45) is 0 Å². The molecular formula is C10H16ClN3O2. The monoisotopic (exact) mass is 245 g/mol. The van der Waals surface area contributed by atoms with E-state index in [-0.39, 0.29) is 6.04 Å². The highest BCUT2D eigenvalue weighted by atomic mass is 35.5. The highest BCUT2D eigenvalue weighted by Gasteiger charge is 2.09. The Balaban J connectivity index is 2.85. The van der Waals surface area contributed by atoms with Crippen LogP contribution in [0.3, 0.4) is 0 Å². The summed E-state index contributed by atoms with van der Waals surface area (Å²) in [5.41, 5.74) is 0. The van der Waals surface area contributed by atoms with Crippen LogP contribution in [-0.2, 0) is 0 Å². The maximum absolute atomic E-state index is 5.78. The molecule has 0 amide bonds. The van der Waals surface area contributed by atoms with E-state index >= 15 is 0 Å². The van der Waals surface area contributed by atoms with Crippen molar-refractivity contribution >= 4 is 17.5 Å². The van der Waals surface area contributed by atoms with E-state index in [1.54, 1.807) is 20.3 Å². The zero-order valence-corrected chi connectivity index (χ0v) is 10.4. The Hall–Kier alpha value is -1.23. The van der Waals surface area contributed by atoms with Crippen LogP contribution in [-0.4, -0.2) is 36.1 Å². The fourth-order valence-electron chi connectivity index (χ4n) is 1.11. The largest absolute Gasteiger partial charge is 0.481 e. The minimum atomic E-state index is 0.137. The van der Waals surface area contributed by atoms with Crippen LogP contribution in [0.4, 0.5) is 5.95 Å². The number of rotatable bonds is 6. The summed E-state index contributed by atoms with van der Waals surface area (Å²) in [6, 6.07) is 1.76. The Kier molecular flexibility index (Phi) is 5.11. The molecule has 1 aromatic rings. The molecule has 0 aliphatic heterocycles. The molecule has 0 aromatic carbocycles. The highest BCUT2D eigenvalue weighted by Crippen LogP contribution is 2.18. The summed E-state index contributed by atoms with van der Waals surface area (Å²) in [6.07, 6.45) is 0.895. The van der Waals surface area contributed by atoms with Gasteiger partial charge in [-0.3, -0.25) is 0 Å². The van der Waals surface area contributed by atoms with Crippen LogP contribution in [0.15, 0.2) is 6.07 Å². The predicted octanol–water partition coefficient (Wildman–Crippen LogP) is 1.92. The van der Waals surface area contributed by atoms with E-state index in [0.717, 1.165) is 6.42 Å². The van der Waals surface area contributed by atoms with Gasteiger partial charge in [0.25, 0.3) is 0 Å². The number of ether oxygens (including phenoxy) is 2. The van der Waals surface area contributed by atoms with E-state index < -0.39 is 0 Å². The molecule has 0 saturated carbocycles. The third-order valence-electron chi connectivity index (χ3n) is 2.11. The SMILES string of the molecule is CCC(CCl)Nc1nc(OC)cc(OC)n1. The number of nitrogens with one attached hydrogen (secondary N) is 1. The quantitative estimate of drug-likeness (QED) is 0.776. The van der Waals surface area contributed by atoms with Crippen molar-refractivity contribution in [3.63, 3.8) is 0 Å². The summed E-state index contributed by atoms with van der Waals surface area (Å²) in [5.74, 6) is 1.88. The Morgan fingerprint density at radius 2 is 1.88 bits per heavy atom. The molecule has 16 heavy (non-hydrogen) atoms. The lowest BCUT2D eigenvalue weighted by atomic mass is 10.3. The minimum absolute atomic E-state index is 0.137. The van der Waals surface area contributed by atoms with Crippen molar-refractivity contribution in [3.05, 3.63) is 6.07 Å². The smallest absolute Gasteiger partial charge is 0.229 e. The lowest BCUT2D eigenvalue weighted by Crippen LogP contribution is -2.21. The molecule has 0 aliphatic carbocycles. The van der Waals surface area contributed by atoms with Gasteiger partial charge in [-0.2, -0.15) is 9.97 Å². The van der Waals surface area contributed by atoms with Crippen LogP contribution < -0.4 is 14.8 Å². The van der Waals surface area contributed by atoms with Crippen LogP contribution in [0.5, 0.6) is 11.8 Å². The Morgan fingerprint density at radius 1 is 1.31 bits per heavy atom. The van der Waals surface area contributed by atoms with Crippen molar-refractivity contribution in [3.8, 4) is 11.8 Å². The Labute approximate surface area is 100 Å². The molecule has 90 valence electrons. The van der Waals surface area contributed by atoms with Gasteiger partial charge in [-0.15, -0.1) is 11.6 Å². The second-order valence-electron chi connectivity index (χ2n) is 3.18. The molecule has 0 fully saturated rings. The maximum Gasteiger partial charge on any atom is 0.229 e. The first-order valence-corrected chi connectivity index (χ1v) is 5.56. The van der Waals surface area contributed by atoms with Crippen molar-refractivity contribution in [1.29, 1.82) is 0 Å². The van der Waals surface area contributed by atoms with Gasteiger partial charge < -0.3 is 14.8 Å². The number of aromatic nitrogens is 2. The summed E-state index contributed by atoms with van der Waals surface area (Å²) < 4.78 is 10.1. The van der Waals surface area contributed by atoms with E-state index in [1.807, 2.05) is 6.92 Å². The Bertz CT molecular complexity index is 310. The normalized spacial score (nSPS) is 12.0. The average Bonchev–Trinajstić information content (AvgIpc) is 2.35. The van der Waals surface area contributed by atoms with Gasteiger partial charge in [-0.1, -0.05) is 6.92 Å². The van der Waals surface area contributed by atoms with Gasteiger partial charge in [0.15, 0.2) is 0 Å². The second-order valence-corrected chi connectivity index (χ2v) is 3.49. The van der Waals surface area contributed by atoms with Gasteiger partial charge in [-0.05, 0) is 6.42 Å². The number of anilines is 1. The fraction of sp³-hybridized carbons (Fsp3) is 0.600. The van der Waals surface area contributed by atoms with Crippen LogP contribution in [0.2, 0.25) is 0 Å². The molecule has 6 heteroatoms. The topological polar surface area (TPSA) is 56.3 Å². The number of hydrogen-bond donors (Lipinski definition) is 1. The summed E-state index contributed by atoms with van der Waals surface area (Å²) in [6.45, 7) is 2.04. The predicted molar refractivity (Wildman–Crippen MR) is 63.6 cm³/mol.